The molecule has 1 fully saturated rings. The second kappa shape index (κ2) is 5.67. The maximum atomic E-state index is 13.1. The number of nitrogens with zero attached hydrogens (tertiary/aromatic N) is 3. The molecule has 2 aromatic rings. The van der Waals surface area contributed by atoms with E-state index in [2.05, 4.69) is 5.16 Å². The average molecular weight is 361 g/mol. The third-order valence-electron chi connectivity index (χ3n) is 4.99. The molecule has 4 rings (SSSR count). The van der Waals surface area contributed by atoms with Gasteiger partial charge in [-0.3, -0.25) is 4.79 Å². The Morgan fingerprint density at radius 3 is 2.72 bits per heavy atom. The number of aryl methyl sites for hydroxylation is 2. The molecule has 1 aromatic carbocycles. The highest BCUT2D eigenvalue weighted by Gasteiger charge is 2.42. The second-order valence-electron chi connectivity index (χ2n) is 6.50. The SMILES string of the molecule is Cc1noc(C)c1S(=O)(=O)N1CC(=O)N2CCc3ccccc3[C@@H]2C1. The van der Waals surface area contributed by atoms with Crippen molar-refractivity contribution in [1.82, 2.24) is 14.4 Å². The largest absolute Gasteiger partial charge is 0.360 e. The van der Waals surface area contributed by atoms with E-state index in [0.29, 0.717) is 12.2 Å². The lowest BCUT2D eigenvalue weighted by atomic mass is 9.91. The molecule has 1 atom stereocenters. The predicted octanol–water partition coefficient (Wildman–Crippen LogP) is 1.42. The highest BCUT2D eigenvalue weighted by molar-refractivity contribution is 7.89. The van der Waals surface area contributed by atoms with E-state index in [-0.39, 0.29) is 35.7 Å². The number of carbonyl (C=O) groups excluding carboxylic acids is 1. The van der Waals surface area contributed by atoms with Crippen molar-refractivity contribution in [3.63, 3.8) is 0 Å². The van der Waals surface area contributed by atoms with Gasteiger partial charge in [0.1, 0.15) is 10.6 Å². The molecular weight excluding hydrogens is 342 g/mol. The van der Waals surface area contributed by atoms with Crippen LogP contribution >= 0.6 is 0 Å². The van der Waals surface area contributed by atoms with Crippen LogP contribution in [0.15, 0.2) is 33.7 Å². The lowest BCUT2D eigenvalue weighted by Crippen LogP contribution is -2.55. The van der Waals surface area contributed by atoms with Gasteiger partial charge in [-0.15, -0.1) is 0 Å². The van der Waals surface area contributed by atoms with Gasteiger partial charge in [0.05, 0.1) is 12.6 Å². The van der Waals surface area contributed by atoms with Crippen molar-refractivity contribution >= 4 is 15.9 Å². The van der Waals surface area contributed by atoms with Crippen LogP contribution in [0.4, 0.5) is 0 Å². The Hall–Kier alpha value is -2.19. The van der Waals surface area contributed by atoms with Gasteiger partial charge in [0.25, 0.3) is 0 Å². The van der Waals surface area contributed by atoms with Crippen LogP contribution in [0.3, 0.4) is 0 Å². The Kier molecular flexibility index (Phi) is 3.69. The Labute approximate surface area is 146 Å². The summed E-state index contributed by atoms with van der Waals surface area (Å²) in [5.41, 5.74) is 2.52. The summed E-state index contributed by atoms with van der Waals surface area (Å²) in [6, 6.07) is 7.66. The first kappa shape index (κ1) is 16.3. The van der Waals surface area contributed by atoms with Crippen LogP contribution in [0.1, 0.15) is 28.6 Å². The quantitative estimate of drug-likeness (QED) is 0.808. The predicted molar refractivity (Wildman–Crippen MR) is 89.3 cm³/mol. The number of piperazine rings is 1. The second-order valence-corrected chi connectivity index (χ2v) is 8.38. The zero-order valence-electron chi connectivity index (χ0n) is 14.1. The standard InChI is InChI=1S/C17H19N3O4S/c1-11-17(12(2)24-18-11)25(22,23)19-9-15-14-6-4-3-5-13(14)7-8-20(15)16(21)10-19/h3-6,15H,7-10H2,1-2H3/t15-/m0/s1. The Balaban J connectivity index is 1.74. The van der Waals surface area contributed by atoms with E-state index in [4.69, 9.17) is 4.52 Å². The molecule has 0 N–H and O–H groups in total. The molecule has 0 radical (unpaired) electrons. The van der Waals surface area contributed by atoms with Gasteiger partial charge in [-0.25, -0.2) is 8.42 Å². The molecule has 2 aliphatic heterocycles. The molecule has 25 heavy (non-hydrogen) atoms. The van der Waals surface area contributed by atoms with E-state index < -0.39 is 10.0 Å². The van der Waals surface area contributed by atoms with Gasteiger partial charge in [0, 0.05) is 13.1 Å². The first-order valence-corrected chi connectivity index (χ1v) is 9.64. The van der Waals surface area contributed by atoms with Crippen molar-refractivity contribution in [2.75, 3.05) is 19.6 Å². The summed E-state index contributed by atoms with van der Waals surface area (Å²) in [6.07, 6.45) is 0.801. The van der Waals surface area contributed by atoms with Crippen molar-refractivity contribution in [2.24, 2.45) is 0 Å². The van der Waals surface area contributed by atoms with Crippen molar-refractivity contribution in [1.29, 1.82) is 0 Å². The van der Waals surface area contributed by atoms with Crippen LogP contribution in [0.5, 0.6) is 0 Å². The molecule has 0 bridgehead atoms. The van der Waals surface area contributed by atoms with E-state index in [1.807, 2.05) is 24.3 Å². The Morgan fingerprint density at radius 2 is 2.00 bits per heavy atom. The molecule has 0 aliphatic carbocycles. The van der Waals surface area contributed by atoms with Gasteiger partial charge in [0.15, 0.2) is 5.76 Å². The molecule has 1 saturated heterocycles. The fraction of sp³-hybridized carbons (Fsp3) is 0.412. The lowest BCUT2D eigenvalue weighted by molar-refractivity contribution is -0.138. The summed E-state index contributed by atoms with van der Waals surface area (Å²) in [5.74, 6) is 0.0810. The molecule has 132 valence electrons. The highest BCUT2D eigenvalue weighted by Crippen LogP contribution is 2.35. The molecule has 8 heteroatoms. The molecule has 7 nitrogen and oxygen atoms in total. The Morgan fingerprint density at radius 1 is 1.24 bits per heavy atom. The number of aromatic nitrogens is 1. The highest BCUT2D eigenvalue weighted by atomic mass is 32.2. The molecule has 2 aliphatic rings. The van der Waals surface area contributed by atoms with Crippen LogP contribution in [-0.2, 0) is 21.2 Å². The normalized spacial score (nSPS) is 21.1. The summed E-state index contributed by atoms with van der Waals surface area (Å²) >= 11 is 0. The van der Waals surface area contributed by atoms with E-state index in [1.165, 1.54) is 9.87 Å². The van der Waals surface area contributed by atoms with Crippen LogP contribution in [0, 0.1) is 13.8 Å². The summed E-state index contributed by atoms with van der Waals surface area (Å²) in [4.78, 5) is 14.5. The molecule has 1 aromatic heterocycles. The van der Waals surface area contributed by atoms with Gasteiger partial charge in [0.2, 0.25) is 15.9 Å². The van der Waals surface area contributed by atoms with Crippen molar-refractivity contribution < 1.29 is 17.7 Å². The molecule has 3 heterocycles. The topological polar surface area (TPSA) is 83.7 Å². The summed E-state index contributed by atoms with van der Waals surface area (Å²) in [7, 11) is -3.84. The van der Waals surface area contributed by atoms with Crippen LogP contribution in [-0.4, -0.2) is 48.3 Å². The summed E-state index contributed by atoms with van der Waals surface area (Å²) in [6.45, 7) is 3.89. The van der Waals surface area contributed by atoms with Gasteiger partial charge >= 0.3 is 0 Å². The van der Waals surface area contributed by atoms with E-state index >= 15 is 0 Å². The number of benzene rings is 1. The van der Waals surface area contributed by atoms with Crippen LogP contribution in [0.2, 0.25) is 0 Å². The van der Waals surface area contributed by atoms with Gasteiger partial charge in [-0.2, -0.15) is 4.31 Å². The summed E-state index contributed by atoms with van der Waals surface area (Å²) in [5, 5.41) is 3.74. The fourth-order valence-corrected chi connectivity index (χ4v) is 5.49. The number of sulfonamides is 1. The molecule has 1 amide bonds. The van der Waals surface area contributed by atoms with E-state index in [1.54, 1.807) is 18.7 Å². The maximum Gasteiger partial charge on any atom is 0.249 e. The minimum absolute atomic E-state index is 0.0674. The van der Waals surface area contributed by atoms with Crippen LogP contribution < -0.4 is 0 Å². The lowest BCUT2D eigenvalue weighted by Gasteiger charge is -2.44. The van der Waals surface area contributed by atoms with Gasteiger partial charge in [-0.05, 0) is 31.4 Å². The number of carbonyl (C=O) groups is 1. The number of amides is 1. The smallest absolute Gasteiger partial charge is 0.249 e. The average Bonchev–Trinajstić information content (AvgIpc) is 2.93. The molecule has 0 saturated carbocycles. The molecule has 0 spiro atoms. The zero-order chi connectivity index (χ0) is 17.8. The monoisotopic (exact) mass is 361 g/mol. The van der Waals surface area contributed by atoms with Crippen molar-refractivity contribution in [3.8, 4) is 0 Å². The number of hydrogen-bond donors (Lipinski definition) is 0. The van der Waals surface area contributed by atoms with Crippen molar-refractivity contribution in [2.45, 2.75) is 31.2 Å². The Bertz CT molecular complexity index is 931. The number of hydrogen-bond acceptors (Lipinski definition) is 5. The minimum Gasteiger partial charge on any atom is -0.360 e. The van der Waals surface area contributed by atoms with Gasteiger partial charge < -0.3 is 9.42 Å². The minimum atomic E-state index is -3.84. The fourth-order valence-electron chi connectivity index (χ4n) is 3.80. The third-order valence-corrected chi connectivity index (χ3v) is 7.04. The van der Waals surface area contributed by atoms with Gasteiger partial charge in [-0.1, -0.05) is 29.4 Å². The van der Waals surface area contributed by atoms with Crippen LogP contribution in [0.25, 0.3) is 0 Å². The maximum absolute atomic E-state index is 13.1. The molecular formula is C17H19N3O4S. The first-order chi connectivity index (χ1) is 11.9. The van der Waals surface area contributed by atoms with Crippen molar-refractivity contribution in [3.05, 3.63) is 46.8 Å². The third kappa shape index (κ3) is 2.47. The summed E-state index contributed by atoms with van der Waals surface area (Å²) < 4.78 is 32.4. The van der Waals surface area contributed by atoms with E-state index in [9.17, 15) is 13.2 Å². The van der Waals surface area contributed by atoms with E-state index in [0.717, 1.165) is 12.0 Å². The number of fused-ring (bicyclic) bond motifs is 3. The number of rotatable bonds is 2. The molecule has 0 unspecified atom stereocenters. The first-order valence-electron chi connectivity index (χ1n) is 8.20. The zero-order valence-corrected chi connectivity index (χ0v) is 14.9.